The molecule has 2 aromatic rings. The summed E-state index contributed by atoms with van der Waals surface area (Å²) in [4.78, 5) is 10.6. The van der Waals surface area contributed by atoms with Crippen LogP contribution in [-0.4, -0.2) is 40.5 Å². The number of rotatable bonds is 2. The Labute approximate surface area is 107 Å². The van der Waals surface area contributed by atoms with Crippen molar-refractivity contribution in [2.24, 2.45) is 0 Å². The standard InChI is InChI=1S/C14H20N4/c1-10(2)18-8-7-15-13(9-18)14-16-11-5-3-4-6-12(11)17-14/h3-6,10,13,15H,7-9H2,1-2H3,(H,16,17). The second-order valence-electron chi connectivity index (χ2n) is 5.23. The van der Waals surface area contributed by atoms with E-state index in [2.05, 4.69) is 46.2 Å². The lowest BCUT2D eigenvalue weighted by Gasteiger charge is -2.35. The van der Waals surface area contributed by atoms with Gasteiger partial charge in [-0.15, -0.1) is 0 Å². The number of nitrogens with zero attached hydrogens (tertiary/aromatic N) is 2. The Morgan fingerprint density at radius 2 is 2.17 bits per heavy atom. The van der Waals surface area contributed by atoms with Gasteiger partial charge in [0.1, 0.15) is 5.82 Å². The van der Waals surface area contributed by atoms with Gasteiger partial charge in [-0.25, -0.2) is 4.98 Å². The zero-order valence-corrected chi connectivity index (χ0v) is 11.0. The molecule has 0 spiro atoms. The highest BCUT2D eigenvalue weighted by molar-refractivity contribution is 5.74. The van der Waals surface area contributed by atoms with E-state index < -0.39 is 0 Å². The predicted octanol–water partition coefficient (Wildman–Crippen LogP) is 1.92. The summed E-state index contributed by atoms with van der Waals surface area (Å²) in [6.45, 7) is 7.67. The molecular formula is C14H20N4. The first-order chi connectivity index (χ1) is 8.74. The minimum atomic E-state index is 0.313. The maximum Gasteiger partial charge on any atom is 0.125 e. The van der Waals surface area contributed by atoms with E-state index in [9.17, 15) is 0 Å². The lowest BCUT2D eigenvalue weighted by atomic mass is 10.1. The van der Waals surface area contributed by atoms with Crippen LogP contribution in [-0.2, 0) is 0 Å². The number of H-pyrrole nitrogens is 1. The number of hydrogen-bond acceptors (Lipinski definition) is 3. The third-order valence-corrected chi connectivity index (χ3v) is 3.67. The van der Waals surface area contributed by atoms with E-state index in [1.165, 1.54) is 0 Å². The molecule has 1 unspecified atom stereocenters. The fourth-order valence-corrected chi connectivity index (χ4v) is 2.56. The predicted molar refractivity (Wildman–Crippen MR) is 73.5 cm³/mol. The van der Waals surface area contributed by atoms with Crippen molar-refractivity contribution in [1.82, 2.24) is 20.2 Å². The Kier molecular flexibility index (Phi) is 3.06. The molecule has 2 N–H and O–H groups in total. The van der Waals surface area contributed by atoms with Crippen molar-refractivity contribution in [1.29, 1.82) is 0 Å². The van der Waals surface area contributed by atoms with Gasteiger partial charge in [0.05, 0.1) is 17.1 Å². The molecule has 1 aromatic heterocycles. The van der Waals surface area contributed by atoms with Crippen LogP contribution in [0, 0.1) is 0 Å². The summed E-state index contributed by atoms with van der Waals surface area (Å²) < 4.78 is 0. The molecule has 4 nitrogen and oxygen atoms in total. The summed E-state index contributed by atoms with van der Waals surface area (Å²) >= 11 is 0. The quantitative estimate of drug-likeness (QED) is 0.848. The van der Waals surface area contributed by atoms with Crippen LogP contribution in [0.3, 0.4) is 0 Å². The Morgan fingerprint density at radius 3 is 2.94 bits per heavy atom. The summed E-state index contributed by atoms with van der Waals surface area (Å²) in [6.07, 6.45) is 0. The average molecular weight is 244 g/mol. The van der Waals surface area contributed by atoms with Crippen LogP contribution in [0.15, 0.2) is 24.3 Å². The lowest BCUT2D eigenvalue weighted by Crippen LogP contribution is -2.48. The SMILES string of the molecule is CC(C)N1CCNC(c2nc3ccccc3[nH]2)C1. The summed E-state index contributed by atoms with van der Waals surface area (Å²) in [5, 5.41) is 3.55. The molecule has 1 saturated heterocycles. The number of imidazole rings is 1. The maximum absolute atomic E-state index is 4.69. The maximum atomic E-state index is 4.69. The molecule has 3 rings (SSSR count). The Morgan fingerprint density at radius 1 is 1.33 bits per heavy atom. The number of nitrogens with one attached hydrogen (secondary N) is 2. The Hall–Kier alpha value is -1.39. The van der Waals surface area contributed by atoms with Gasteiger partial charge in [0, 0.05) is 25.7 Å². The summed E-state index contributed by atoms with van der Waals surface area (Å²) in [6, 6.07) is 9.11. The van der Waals surface area contributed by atoms with Gasteiger partial charge in [0.2, 0.25) is 0 Å². The Bertz CT molecular complexity index is 498. The summed E-state index contributed by atoms with van der Waals surface area (Å²) in [7, 11) is 0. The van der Waals surface area contributed by atoms with Gasteiger partial charge < -0.3 is 10.3 Å². The number of piperazine rings is 1. The van der Waals surface area contributed by atoms with Crippen LogP contribution in [0.25, 0.3) is 11.0 Å². The number of para-hydroxylation sites is 2. The van der Waals surface area contributed by atoms with E-state index in [0.717, 1.165) is 36.5 Å². The molecule has 1 aliphatic heterocycles. The Balaban J connectivity index is 1.85. The number of benzene rings is 1. The van der Waals surface area contributed by atoms with Crippen molar-refractivity contribution in [2.45, 2.75) is 25.9 Å². The fourth-order valence-electron chi connectivity index (χ4n) is 2.56. The second-order valence-corrected chi connectivity index (χ2v) is 5.23. The highest BCUT2D eigenvalue weighted by atomic mass is 15.2. The van der Waals surface area contributed by atoms with Crippen molar-refractivity contribution < 1.29 is 0 Å². The molecule has 0 aliphatic carbocycles. The van der Waals surface area contributed by atoms with Gasteiger partial charge in [0.25, 0.3) is 0 Å². The largest absolute Gasteiger partial charge is 0.341 e. The monoisotopic (exact) mass is 244 g/mol. The molecule has 4 heteroatoms. The van der Waals surface area contributed by atoms with E-state index in [1.807, 2.05) is 12.1 Å². The zero-order chi connectivity index (χ0) is 12.5. The molecule has 2 heterocycles. The van der Waals surface area contributed by atoms with Crippen LogP contribution in [0.2, 0.25) is 0 Å². The number of aromatic amines is 1. The van der Waals surface area contributed by atoms with Gasteiger partial charge in [-0.3, -0.25) is 4.90 Å². The molecular weight excluding hydrogens is 224 g/mol. The first-order valence-electron chi connectivity index (χ1n) is 6.66. The normalized spacial score (nSPS) is 21.8. The second kappa shape index (κ2) is 4.71. The number of fused-ring (bicyclic) bond motifs is 1. The summed E-state index contributed by atoms with van der Waals surface area (Å²) in [5.41, 5.74) is 2.17. The first-order valence-corrected chi connectivity index (χ1v) is 6.66. The van der Waals surface area contributed by atoms with Gasteiger partial charge >= 0.3 is 0 Å². The molecule has 0 radical (unpaired) electrons. The molecule has 18 heavy (non-hydrogen) atoms. The van der Waals surface area contributed by atoms with E-state index in [1.54, 1.807) is 0 Å². The van der Waals surface area contributed by atoms with E-state index in [-0.39, 0.29) is 0 Å². The highest BCUT2D eigenvalue weighted by Crippen LogP contribution is 2.19. The van der Waals surface area contributed by atoms with E-state index in [0.29, 0.717) is 12.1 Å². The van der Waals surface area contributed by atoms with Crippen molar-refractivity contribution in [3.05, 3.63) is 30.1 Å². The van der Waals surface area contributed by atoms with Crippen LogP contribution < -0.4 is 5.32 Å². The molecule has 1 atom stereocenters. The first kappa shape index (κ1) is 11.7. The van der Waals surface area contributed by atoms with Crippen LogP contribution >= 0.6 is 0 Å². The summed E-state index contributed by atoms with van der Waals surface area (Å²) in [5.74, 6) is 1.06. The molecule has 1 fully saturated rings. The fraction of sp³-hybridized carbons (Fsp3) is 0.500. The van der Waals surface area contributed by atoms with Crippen LogP contribution in [0.1, 0.15) is 25.7 Å². The molecule has 0 bridgehead atoms. The van der Waals surface area contributed by atoms with Gasteiger partial charge in [-0.2, -0.15) is 0 Å². The zero-order valence-electron chi connectivity index (χ0n) is 11.0. The minimum absolute atomic E-state index is 0.313. The number of hydrogen-bond donors (Lipinski definition) is 2. The number of aromatic nitrogens is 2. The molecule has 1 aromatic carbocycles. The molecule has 96 valence electrons. The topological polar surface area (TPSA) is 44.0 Å². The van der Waals surface area contributed by atoms with E-state index in [4.69, 9.17) is 0 Å². The van der Waals surface area contributed by atoms with Gasteiger partial charge in [-0.1, -0.05) is 12.1 Å². The molecule has 1 aliphatic rings. The van der Waals surface area contributed by atoms with Gasteiger partial charge in [-0.05, 0) is 26.0 Å². The third-order valence-electron chi connectivity index (χ3n) is 3.67. The van der Waals surface area contributed by atoms with Crippen molar-refractivity contribution in [3.63, 3.8) is 0 Å². The smallest absolute Gasteiger partial charge is 0.125 e. The lowest BCUT2D eigenvalue weighted by molar-refractivity contribution is 0.159. The van der Waals surface area contributed by atoms with Gasteiger partial charge in [0.15, 0.2) is 0 Å². The van der Waals surface area contributed by atoms with E-state index >= 15 is 0 Å². The molecule has 0 amide bonds. The third kappa shape index (κ3) is 2.13. The van der Waals surface area contributed by atoms with Crippen molar-refractivity contribution in [3.8, 4) is 0 Å². The van der Waals surface area contributed by atoms with Crippen molar-refractivity contribution in [2.75, 3.05) is 19.6 Å². The van der Waals surface area contributed by atoms with Crippen LogP contribution in [0.4, 0.5) is 0 Å². The molecule has 0 saturated carbocycles. The minimum Gasteiger partial charge on any atom is -0.341 e. The van der Waals surface area contributed by atoms with Crippen molar-refractivity contribution >= 4 is 11.0 Å². The highest BCUT2D eigenvalue weighted by Gasteiger charge is 2.24. The van der Waals surface area contributed by atoms with Crippen LogP contribution in [0.5, 0.6) is 0 Å². The average Bonchev–Trinajstić information content (AvgIpc) is 2.82.